The molecule has 1 fully saturated rings. The Bertz CT molecular complexity index is 499. The summed E-state index contributed by atoms with van der Waals surface area (Å²) in [7, 11) is 1.64. The van der Waals surface area contributed by atoms with Gasteiger partial charge in [0.1, 0.15) is 5.75 Å². The van der Waals surface area contributed by atoms with Crippen LogP contribution in [0.3, 0.4) is 0 Å². The third-order valence-corrected chi connectivity index (χ3v) is 4.26. The average Bonchev–Trinajstić information content (AvgIpc) is 2.53. The summed E-state index contributed by atoms with van der Waals surface area (Å²) in [5, 5.41) is 3.04. The average molecular weight is 318 g/mol. The predicted octanol–water partition coefficient (Wildman–Crippen LogP) is 4.91. The van der Waals surface area contributed by atoms with E-state index in [4.69, 9.17) is 4.74 Å². The third kappa shape index (κ3) is 5.45. The minimum absolute atomic E-state index is 0.0111. The Kier molecular flexibility index (Phi) is 5.91. The van der Waals surface area contributed by atoms with Gasteiger partial charge in [0.25, 0.3) is 0 Å². The molecule has 128 valence electrons. The maximum atomic E-state index is 12.8. The number of nitrogens with zero attached hydrogens (tertiary/aromatic N) is 1. The molecule has 0 atom stereocenters. The highest BCUT2D eigenvalue weighted by atomic mass is 16.5. The van der Waals surface area contributed by atoms with Gasteiger partial charge >= 0.3 is 6.03 Å². The van der Waals surface area contributed by atoms with E-state index in [1.807, 2.05) is 29.2 Å². The second kappa shape index (κ2) is 7.71. The number of hydrogen-bond donors (Lipinski definition) is 1. The number of nitrogens with one attached hydrogen (secondary N) is 1. The van der Waals surface area contributed by atoms with Gasteiger partial charge in [-0.2, -0.15) is 0 Å². The molecule has 2 rings (SSSR count). The maximum Gasteiger partial charge on any atom is 0.322 e. The number of amides is 2. The van der Waals surface area contributed by atoms with Gasteiger partial charge in [-0.15, -0.1) is 0 Å². The van der Waals surface area contributed by atoms with E-state index in [-0.39, 0.29) is 11.4 Å². The molecular formula is C19H30N2O2. The smallest absolute Gasteiger partial charge is 0.322 e. The molecule has 0 bridgehead atoms. The molecule has 23 heavy (non-hydrogen) atoms. The first kappa shape index (κ1) is 17.6. The van der Waals surface area contributed by atoms with Crippen LogP contribution in [-0.2, 0) is 0 Å². The van der Waals surface area contributed by atoms with Crippen molar-refractivity contribution in [3.05, 3.63) is 24.3 Å². The number of ether oxygens (including phenoxy) is 1. The fourth-order valence-electron chi connectivity index (χ4n) is 3.14. The van der Waals surface area contributed by atoms with Crippen LogP contribution in [0.15, 0.2) is 24.3 Å². The summed E-state index contributed by atoms with van der Waals surface area (Å²) in [6.45, 7) is 7.33. The monoisotopic (exact) mass is 318 g/mol. The Morgan fingerprint density at radius 3 is 2.30 bits per heavy atom. The molecule has 0 aromatic heterocycles. The Balaban J connectivity index is 2.07. The summed E-state index contributed by atoms with van der Waals surface area (Å²) in [5.41, 5.74) is 0.903. The lowest BCUT2D eigenvalue weighted by atomic mass is 9.90. The molecule has 1 aromatic rings. The molecule has 1 aliphatic rings. The zero-order valence-electron chi connectivity index (χ0n) is 14.9. The van der Waals surface area contributed by atoms with Crippen molar-refractivity contribution in [2.75, 3.05) is 19.0 Å². The molecule has 1 aliphatic carbocycles. The lowest BCUT2D eigenvalue weighted by Crippen LogP contribution is -2.47. The van der Waals surface area contributed by atoms with Crippen LogP contribution >= 0.6 is 0 Å². The van der Waals surface area contributed by atoms with E-state index in [9.17, 15) is 4.79 Å². The summed E-state index contributed by atoms with van der Waals surface area (Å²) < 4.78 is 5.16. The number of carbonyl (C=O) groups is 1. The van der Waals surface area contributed by atoms with Crippen LogP contribution in [0, 0.1) is 5.41 Å². The van der Waals surface area contributed by atoms with Gasteiger partial charge in [0.2, 0.25) is 0 Å². The van der Waals surface area contributed by atoms with Crippen LogP contribution in [0.5, 0.6) is 5.75 Å². The predicted molar refractivity (Wildman–Crippen MR) is 95.0 cm³/mol. The van der Waals surface area contributed by atoms with Gasteiger partial charge in [-0.25, -0.2) is 4.79 Å². The molecule has 4 nitrogen and oxygen atoms in total. The molecule has 1 N–H and O–H groups in total. The molecule has 2 amide bonds. The summed E-state index contributed by atoms with van der Waals surface area (Å²) in [6, 6.07) is 7.87. The van der Waals surface area contributed by atoms with Gasteiger partial charge in [-0.1, -0.05) is 40.0 Å². The van der Waals surface area contributed by atoms with E-state index < -0.39 is 0 Å². The van der Waals surface area contributed by atoms with Gasteiger partial charge in [0.05, 0.1) is 7.11 Å². The van der Waals surface area contributed by atoms with Crippen molar-refractivity contribution in [3.8, 4) is 5.75 Å². The van der Waals surface area contributed by atoms with E-state index in [1.54, 1.807) is 7.11 Å². The molecule has 0 spiro atoms. The van der Waals surface area contributed by atoms with Gasteiger partial charge in [0.15, 0.2) is 0 Å². The van der Waals surface area contributed by atoms with Crippen molar-refractivity contribution in [2.24, 2.45) is 5.41 Å². The van der Waals surface area contributed by atoms with Crippen LogP contribution in [-0.4, -0.2) is 30.6 Å². The first-order valence-electron chi connectivity index (χ1n) is 8.61. The van der Waals surface area contributed by atoms with Crippen LogP contribution in [0.25, 0.3) is 0 Å². The van der Waals surface area contributed by atoms with Crippen molar-refractivity contribution in [3.63, 3.8) is 0 Å². The van der Waals surface area contributed by atoms with Gasteiger partial charge in [-0.3, -0.25) is 0 Å². The van der Waals surface area contributed by atoms with E-state index in [2.05, 4.69) is 26.1 Å². The number of anilines is 1. The van der Waals surface area contributed by atoms with Crippen molar-refractivity contribution in [1.82, 2.24) is 4.90 Å². The maximum absolute atomic E-state index is 12.8. The molecule has 1 saturated carbocycles. The van der Waals surface area contributed by atoms with Gasteiger partial charge in [-0.05, 0) is 42.5 Å². The molecule has 4 heteroatoms. The highest BCUT2D eigenvalue weighted by molar-refractivity contribution is 5.89. The normalized spacial score (nSPS) is 16.0. The van der Waals surface area contributed by atoms with E-state index in [0.29, 0.717) is 6.04 Å². The molecule has 0 aliphatic heterocycles. The van der Waals surface area contributed by atoms with Crippen LogP contribution in [0.2, 0.25) is 0 Å². The number of benzene rings is 1. The first-order valence-corrected chi connectivity index (χ1v) is 8.61. The second-order valence-corrected chi connectivity index (χ2v) is 7.64. The number of methoxy groups -OCH3 is 1. The lowest BCUT2D eigenvalue weighted by molar-refractivity contribution is 0.136. The zero-order valence-corrected chi connectivity index (χ0v) is 14.9. The van der Waals surface area contributed by atoms with Crippen molar-refractivity contribution in [2.45, 2.75) is 58.9 Å². The fourth-order valence-corrected chi connectivity index (χ4v) is 3.14. The Morgan fingerprint density at radius 2 is 1.78 bits per heavy atom. The first-order chi connectivity index (χ1) is 10.9. The lowest BCUT2D eigenvalue weighted by Gasteiger charge is -2.38. The molecule has 1 aromatic carbocycles. The molecular weight excluding hydrogens is 288 g/mol. The topological polar surface area (TPSA) is 41.6 Å². The summed E-state index contributed by atoms with van der Waals surface area (Å²) in [6.07, 6.45) is 5.97. The molecule has 0 radical (unpaired) electrons. The van der Waals surface area contributed by atoms with Crippen LogP contribution in [0.1, 0.15) is 52.9 Å². The molecule has 0 unspecified atom stereocenters. The summed E-state index contributed by atoms with van der Waals surface area (Å²) in [5.74, 6) is 0.793. The summed E-state index contributed by atoms with van der Waals surface area (Å²) >= 11 is 0. The fraction of sp³-hybridized carbons (Fsp3) is 0.632. The Morgan fingerprint density at radius 1 is 1.17 bits per heavy atom. The van der Waals surface area contributed by atoms with Crippen molar-refractivity contribution in [1.29, 1.82) is 0 Å². The number of urea groups is 1. The van der Waals surface area contributed by atoms with Gasteiger partial charge < -0.3 is 15.0 Å². The highest BCUT2D eigenvalue weighted by Crippen LogP contribution is 2.27. The summed E-state index contributed by atoms with van der Waals surface area (Å²) in [4.78, 5) is 14.9. The quantitative estimate of drug-likeness (QED) is 0.857. The molecule has 0 saturated heterocycles. The zero-order chi connectivity index (χ0) is 16.9. The highest BCUT2D eigenvalue weighted by Gasteiger charge is 2.29. The molecule has 0 heterocycles. The Hall–Kier alpha value is -1.71. The number of rotatable bonds is 4. The number of hydrogen-bond acceptors (Lipinski definition) is 2. The van der Waals surface area contributed by atoms with E-state index >= 15 is 0 Å². The van der Waals surface area contributed by atoms with E-state index in [1.165, 1.54) is 19.3 Å². The van der Waals surface area contributed by atoms with Gasteiger partial charge in [0, 0.05) is 18.3 Å². The van der Waals surface area contributed by atoms with Crippen molar-refractivity contribution < 1.29 is 9.53 Å². The largest absolute Gasteiger partial charge is 0.497 e. The second-order valence-electron chi connectivity index (χ2n) is 7.64. The SMILES string of the molecule is COc1ccc(NC(=O)N(CC(C)(C)C)C2CCCCC2)cc1. The van der Waals surface area contributed by atoms with Crippen LogP contribution in [0.4, 0.5) is 10.5 Å². The third-order valence-electron chi connectivity index (χ3n) is 4.26. The number of carbonyl (C=O) groups excluding carboxylic acids is 1. The van der Waals surface area contributed by atoms with Crippen LogP contribution < -0.4 is 10.1 Å². The minimum Gasteiger partial charge on any atom is -0.497 e. The van der Waals surface area contributed by atoms with Crippen molar-refractivity contribution >= 4 is 11.7 Å². The minimum atomic E-state index is 0.0111. The van der Waals surface area contributed by atoms with E-state index in [0.717, 1.165) is 30.8 Å². The Labute approximate surface area is 140 Å². The standard InChI is InChI=1S/C19H30N2O2/c1-19(2,3)14-21(16-8-6-5-7-9-16)18(22)20-15-10-12-17(23-4)13-11-15/h10-13,16H,5-9,14H2,1-4H3,(H,20,22).